The molecule has 0 aliphatic heterocycles. The Bertz CT molecular complexity index is 315. The lowest BCUT2D eigenvalue weighted by Gasteiger charge is -2.08. The first-order chi connectivity index (χ1) is 8.72. The van der Waals surface area contributed by atoms with Crippen LogP contribution < -0.4 is 10.1 Å². The van der Waals surface area contributed by atoms with Gasteiger partial charge in [-0.25, -0.2) is 4.98 Å². The Labute approximate surface area is 109 Å². The van der Waals surface area contributed by atoms with E-state index >= 15 is 0 Å². The maximum atomic E-state index is 5.43. The Morgan fingerprint density at radius 2 is 2.06 bits per heavy atom. The lowest BCUT2D eigenvalue weighted by Crippen LogP contribution is -2.14. The van der Waals surface area contributed by atoms with E-state index in [9.17, 15) is 0 Å². The standard InChI is InChI=1S/C13H23N3O2/c1-4-14-7-12-8-16-13(9-15-12)18-6-5-17-10-11(2)3/h8-9,11,14H,4-7,10H2,1-3H3. The van der Waals surface area contributed by atoms with E-state index in [4.69, 9.17) is 9.47 Å². The molecule has 0 radical (unpaired) electrons. The summed E-state index contributed by atoms with van der Waals surface area (Å²) in [7, 11) is 0. The maximum absolute atomic E-state index is 5.43. The number of nitrogens with zero attached hydrogens (tertiary/aromatic N) is 2. The molecule has 102 valence electrons. The molecule has 0 bridgehead atoms. The van der Waals surface area contributed by atoms with E-state index < -0.39 is 0 Å². The minimum atomic E-state index is 0.508. The fourth-order valence-corrected chi connectivity index (χ4v) is 1.29. The van der Waals surface area contributed by atoms with Crippen LogP contribution in [0.4, 0.5) is 0 Å². The third-order valence-corrected chi connectivity index (χ3v) is 2.17. The summed E-state index contributed by atoms with van der Waals surface area (Å²) >= 11 is 0. The van der Waals surface area contributed by atoms with E-state index in [1.807, 2.05) is 0 Å². The van der Waals surface area contributed by atoms with Crippen molar-refractivity contribution in [1.82, 2.24) is 15.3 Å². The molecule has 1 rings (SSSR count). The second-order valence-electron chi connectivity index (χ2n) is 4.44. The summed E-state index contributed by atoms with van der Waals surface area (Å²) in [5.41, 5.74) is 0.917. The smallest absolute Gasteiger partial charge is 0.232 e. The number of nitrogens with one attached hydrogen (secondary N) is 1. The zero-order chi connectivity index (χ0) is 13.2. The van der Waals surface area contributed by atoms with Gasteiger partial charge in [0.2, 0.25) is 5.88 Å². The van der Waals surface area contributed by atoms with Crippen molar-refractivity contribution in [1.29, 1.82) is 0 Å². The summed E-state index contributed by atoms with van der Waals surface area (Å²) in [5.74, 6) is 1.10. The number of aromatic nitrogens is 2. The zero-order valence-electron chi connectivity index (χ0n) is 11.5. The van der Waals surface area contributed by atoms with Gasteiger partial charge in [-0.05, 0) is 12.5 Å². The van der Waals surface area contributed by atoms with Crippen LogP contribution in [0.1, 0.15) is 26.5 Å². The number of hydrogen-bond donors (Lipinski definition) is 1. The van der Waals surface area contributed by atoms with Crippen LogP contribution in [0.2, 0.25) is 0 Å². The van der Waals surface area contributed by atoms with Crippen molar-refractivity contribution in [3.63, 3.8) is 0 Å². The van der Waals surface area contributed by atoms with Gasteiger partial charge in [-0.2, -0.15) is 0 Å². The van der Waals surface area contributed by atoms with Crippen LogP contribution in [0.15, 0.2) is 12.4 Å². The Hall–Kier alpha value is -1.20. The second kappa shape index (κ2) is 8.83. The average Bonchev–Trinajstić information content (AvgIpc) is 2.37. The van der Waals surface area contributed by atoms with E-state index in [1.54, 1.807) is 12.4 Å². The predicted molar refractivity (Wildman–Crippen MR) is 70.6 cm³/mol. The molecule has 1 heterocycles. The Kier molecular flexibility index (Phi) is 7.29. The molecule has 1 aromatic rings. The lowest BCUT2D eigenvalue weighted by molar-refractivity contribution is 0.0805. The van der Waals surface area contributed by atoms with Crippen LogP contribution in [0.25, 0.3) is 0 Å². The van der Waals surface area contributed by atoms with E-state index in [0.717, 1.165) is 25.4 Å². The van der Waals surface area contributed by atoms with Crippen LogP contribution in [0.3, 0.4) is 0 Å². The maximum Gasteiger partial charge on any atom is 0.232 e. The SMILES string of the molecule is CCNCc1cnc(OCCOCC(C)C)cn1. The molecule has 0 saturated heterocycles. The van der Waals surface area contributed by atoms with Crippen LogP contribution in [0.5, 0.6) is 5.88 Å². The highest BCUT2D eigenvalue weighted by Crippen LogP contribution is 2.03. The van der Waals surface area contributed by atoms with Gasteiger partial charge in [-0.1, -0.05) is 20.8 Å². The molecule has 0 spiro atoms. The molecular weight excluding hydrogens is 230 g/mol. The molecule has 0 unspecified atom stereocenters. The van der Waals surface area contributed by atoms with Crippen LogP contribution >= 0.6 is 0 Å². The van der Waals surface area contributed by atoms with E-state index in [2.05, 4.69) is 36.1 Å². The Morgan fingerprint density at radius 1 is 1.22 bits per heavy atom. The minimum Gasteiger partial charge on any atom is -0.474 e. The minimum absolute atomic E-state index is 0.508. The summed E-state index contributed by atoms with van der Waals surface area (Å²) in [4.78, 5) is 8.44. The van der Waals surface area contributed by atoms with Gasteiger partial charge in [0, 0.05) is 13.2 Å². The molecule has 0 saturated carbocycles. The first-order valence-electron chi connectivity index (χ1n) is 6.44. The van der Waals surface area contributed by atoms with Crippen molar-refractivity contribution in [2.45, 2.75) is 27.3 Å². The molecule has 0 fully saturated rings. The quantitative estimate of drug-likeness (QED) is 0.678. The molecule has 5 heteroatoms. The van der Waals surface area contributed by atoms with Crippen molar-refractivity contribution in [2.75, 3.05) is 26.4 Å². The summed E-state index contributed by atoms with van der Waals surface area (Å²) in [6.45, 7) is 9.81. The van der Waals surface area contributed by atoms with E-state index in [1.165, 1.54) is 0 Å². The first-order valence-corrected chi connectivity index (χ1v) is 6.44. The molecule has 18 heavy (non-hydrogen) atoms. The molecule has 0 aromatic carbocycles. The van der Waals surface area contributed by atoms with E-state index in [-0.39, 0.29) is 0 Å². The van der Waals surface area contributed by atoms with Crippen molar-refractivity contribution < 1.29 is 9.47 Å². The van der Waals surface area contributed by atoms with Crippen molar-refractivity contribution in [2.24, 2.45) is 5.92 Å². The van der Waals surface area contributed by atoms with Crippen molar-refractivity contribution >= 4 is 0 Å². The number of rotatable bonds is 9. The zero-order valence-corrected chi connectivity index (χ0v) is 11.5. The normalized spacial score (nSPS) is 10.9. The summed E-state index contributed by atoms with van der Waals surface area (Å²) in [5, 5.41) is 3.19. The number of ether oxygens (including phenoxy) is 2. The highest BCUT2D eigenvalue weighted by Gasteiger charge is 1.99. The van der Waals surface area contributed by atoms with Gasteiger partial charge in [0.15, 0.2) is 0 Å². The lowest BCUT2D eigenvalue weighted by atomic mass is 10.2. The summed E-state index contributed by atoms with van der Waals surface area (Å²) < 4.78 is 10.8. The van der Waals surface area contributed by atoms with Gasteiger partial charge >= 0.3 is 0 Å². The van der Waals surface area contributed by atoms with Gasteiger partial charge in [0.25, 0.3) is 0 Å². The second-order valence-corrected chi connectivity index (χ2v) is 4.44. The third-order valence-electron chi connectivity index (χ3n) is 2.17. The third kappa shape index (κ3) is 6.51. The fourth-order valence-electron chi connectivity index (χ4n) is 1.29. The van der Waals surface area contributed by atoms with Gasteiger partial charge in [-0.3, -0.25) is 4.98 Å². The Morgan fingerprint density at radius 3 is 2.67 bits per heavy atom. The molecular formula is C13H23N3O2. The van der Waals surface area contributed by atoms with E-state index in [0.29, 0.717) is 25.0 Å². The van der Waals surface area contributed by atoms with Gasteiger partial charge in [0.05, 0.1) is 24.7 Å². The molecule has 0 aliphatic carbocycles. The molecule has 1 aromatic heterocycles. The van der Waals surface area contributed by atoms with Gasteiger partial charge in [-0.15, -0.1) is 0 Å². The molecule has 0 amide bonds. The molecule has 5 nitrogen and oxygen atoms in total. The first kappa shape index (κ1) is 14.9. The van der Waals surface area contributed by atoms with Crippen LogP contribution in [-0.2, 0) is 11.3 Å². The highest BCUT2D eigenvalue weighted by atomic mass is 16.5. The summed E-state index contributed by atoms with van der Waals surface area (Å²) in [6, 6.07) is 0. The molecule has 1 N–H and O–H groups in total. The highest BCUT2D eigenvalue weighted by molar-refractivity contribution is 5.06. The predicted octanol–water partition coefficient (Wildman–Crippen LogP) is 1.64. The monoisotopic (exact) mass is 253 g/mol. The van der Waals surface area contributed by atoms with Gasteiger partial charge < -0.3 is 14.8 Å². The fraction of sp³-hybridized carbons (Fsp3) is 0.692. The van der Waals surface area contributed by atoms with Crippen LogP contribution in [0, 0.1) is 5.92 Å². The van der Waals surface area contributed by atoms with Crippen LogP contribution in [-0.4, -0.2) is 36.3 Å². The molecule has 0 atom stereocenters. The average molecular weight is 253 g/mol. The largest absolute Gasteiger partial charge is 0.474 e. The number of hydrogen-bond acceptors (Lipinski definition) is 5. The van der Waals surface area contributed by atoms with Gasteiger partial charge in [0.1, 0.15) is 6.61 Å². The summed E-state index contributed by atoms with van der Waals surface area (Å²) in [6.07, 6.45) is 3.38. The topological polar surface area (TPSA) is 56.3 Å². The Balaban J connectivity index is 2.18. The van der Waals surface area contributed by atoms with Crippen molar-refractivity contribution in [3.8, 4) is 5.88 Å². The van der Waals surface area contributed by atoms with Crippen molar-refractivity contribution in [3.05, 3.63) is 18.1 Å². The molecule has 0 aliphatic rings.